The minimum Gasteiger partial charge on any atom is -0.283 e. The number of benzene rings is 1. The van der Waals surface area contributed by atoms with Crippen LogP contribution in [0.1, 0.15) is 5.56 Å². The molecule has 0 spiro atoms. The molecule has 0 aliphatic carbocycles. The Morgan fingerprint density at radius 1 is 1.11 bits per heavy atom. The second-order valence-electron chi connectivity index (χ2n) is 3.20. The Bertz CT molecular complexity index is 542. The van der Waals surface area contributed by atoms with Crippen molar-refractivity contribution in [3.63, 3.8) is 0 Å². The smallest absolute Gasteiger partial charge is 0.283 e. The second kappa shape index (κ2) is 4.19. The molecular weight excluding hydrogens is 261 g/mol. The van der Waals surface area contributed by atoms with E-state index in [0.29, 0.717) is 0 Å². The van der Waals surface area contributed by atoms with Crippen molar-refractivity contribution >= 4 is 11.4 Å². The number of halogens is 3. The molecule has 4 N–H and O–H groups in total. The molecule has 0 radical (unpaired) electrons. The molecule has 1 rings (SSSR count). The van der Waals surface area contributed by atoms with Crippen molar-refractivity contribution in [2.24, 2.45) is 11.5 Å². The number of nitro groups is 2. The highest BCUT2D eigenvalue weighted by Gasteiger charge is 2.38. The Hall–Kier alpha value is -2.27. The number of nitrogens with zero attached hydrogens (tertiary/aromatic N) is 2. The molecule has 0 saturated carbocycles. The molecule has 0 saturated heterocycles. The maximum absolute atomic E-state index is 13.4. The molecule has 0 unspecified atom stereocenters. The Balaban J connectivity index is 3.78. The third-order valence-corrected chi connectivity index (χ3v) is 1.95. The first-order valence-electron chi connectivity index (χ1n) is 4.15. The van der Waals surface area contributed by atoms with Crippen molar-refractivity contribution in [1.29, 1.82) is 0 Å². The fraction of sp³-hybridized carbons (Fsp3) is 0.143. The van der Waals surface area contributed by atoms with E-state index in [1.54, 1.807) is 0 Å². The first-order valence-corrected chi connectivity index (χ1v) is 4.15. The van der Waals surface area contributed by atoms with Crippen LogP contribution in [0.5, 0.6) is 0 Å². The summed E-state index contributed by atoms with van der Waals surface area (Å²) in [6.07, 6.45) is 0. The zero-order valence-corrected chi connectivity index (χ0v) is 8.39. The summed E-state index contributed by atoms with van der Waals surface area (Å²) in [7, 11) is 0. The van der Waals surface area contributed by atoms with Crippen molar-refractivity contribution in [2.45, 2.75) is 5.92 Å². The Labute approximate surface area is 96.3 Å². The predicted molar refractivity (Wildman–Crippen MR) is 50.8 cm³/mol. The van der Waals surface area contributed by atoms with Crippen LogP contribution in [0, 0.1) is 31.9 Å². The summed E-state index contributed by atoms with van der Waals surface area (Å²) in [5, 5.41) is 20.8. The summed E-state index contributed by atoms with van der Waals surface area (Å²) in [4.78, 5) is 17.8. The van der Waals surface area contributed by atoms with Crippen molar-refractivity contribution in [1.82, 2.24) is 0 Å². The van der Waals surface area contributed by atoms with Crippen LogP contribution in [-0.2, 0) is 5.92 Å². The topological polar surface area (TPSA) is 138 Å². The van der Waals surface area contributed by atoms with E-state index in [1.807, 2.05) is 0 Å². The van der Waals surface area contributed by atoms with Crippen LogP contribution in [0.3, 0.4) is 0 Å². The van der Waals surface area contributed by atoms with Crippen molar-refractivity contribution < 1.29 is 23.0 Å². The SMILES string of the molecule is NC(N)(F)c1cc([N+](=O)[O-])c(F)c([N+](=O)[O-])c1F. The lowest BCUT2D eigenvalue weighted by Gasteiger charge is -2.15. The number of alkyl halides is 1. The predicted octanol–water partition coefficient (Wildman–Crippen LogP) is 0.778. The highest BCUT2D eigenvalue weighted by molar-refractivity contribution is 5.51. The third-order valence-electron chi connectivity index (χ3n) is 1.95. The highest BCUT2D eigenvalue weighted by Crippen LogP contribution is 2.34. The fourth-order valence-corrected chi connectivity index (χ4v) is 1.18. The summed E-state index contributed by atoms with van der Waals surface area (Å²) in [5.41, 5.74) is 4.52. The molecule has 1 aromatic carbocycles. The molecule has 98 valence electrons. The molecule has 18 heavy (non-hydrogen) atoms. The van der Waals surface area contributed by atoms with Crippen LogP contribution in [0.15, 0.2) is 6.07 Å². The van der Waals surface area contributed by atoms with Gasteiger partial charge < -0.3 is 0 Å². The fourth-order valence-electron chi connectivity index (χ4n) is 1.18. The second-order valence-corrected chi connectivity index (χ2v) is 3.20. The quantitative estimate of drug-likeness (QED) is 0.358. The van der Waals surface area contributed by atoms with Gasteiger partial charge in [-0.25, -0.2) is 4.39 Å². The number of nitrogens with two attached hydrogens (primary N) is 2. The minimum atomic E-state index is -3.42. The summed E-state index contributed by atoms with van der Waals surface area (Å²) in [6, 6.07) is 0.0671. The molecule has 0 aliphatic rings. The monoisotopic (exact) mass is 266 g/mol. The molecule has 0 amide bonds. The molecule has 0 atom stereocenters. The van der Waals surface area contributed by atoms with Crippen LogP contribution >= 0.6 is 0 Å². The molecule has 0 aliphatic heterocycles. The average Bonchev–Trinajstić information content (AvgIpc) is 2.13. The summed E-state index contributed by atoms with van der Waals surface area (Å²) >= 11 is 0. The van der Waals surface area contributed by atoms with E-state index in [2.05, 4.69) is 11.5 Å². The number of nitro benzene ring substituents is 2. The van der Waals surface area contributed by atoms with Gasteiger partial charge in [-0.2, -0.15) is 8.78 Å². The van der Waals surface area contributed by atoms with Gasteiger partial charge in [-0.05, 0) is 0 Å². The van der Waals surface area contributed by atoms with E-state index in [9.17, 15) is 33.4 Å². The van der Waals surface area contributed by atoms with Crippen molar-refractivity contribution in [3.05, 3.63) is 43.5 Å². The summed E-state index contributed by atoms with van der Waals surface area (Å²) in [5.74, 6) is -7.47. The highest BCUT2D eigenvalue weighted by atomic mass is 19.2. The van der Waals surface area contributed by atoms with Gasteiger partial charge in [0.15, 0.2) is 0 Å². The average molecular weight is 266 g/mol. The van der Waals surface area contributed by atoms with Crippen LogP contribution in [0.25, 0.3) is 0 Å². The van der Waals surface area contributed by atoms with Crippen LogP contribution in [0.4, 0.5) is 24.5 Å². The van der Waals surface area contributed by atoms with Gasteiger partial charge in [-0.1, -0.05) is 0 Å². The lowest BCUT2D eigenvalue weighted by Crippen LogP contribution is -2.42. The van der Waals surface area contributed by atoms with E-state index >= 15 is 0 Å². The van der Waals surface area contributed by atoms with Gasteiger partial charge in [-0.15, -0.1) is 0 Å². The van der Waals surface area contributed by atoms with Gasteiger partial charge in [0.2, 0.25) is 11.7 Å². The van der Waals surface area contributed by atoms with E-state index in [0.717, 1.165) is 0 Å². The van der Waals surface area contributed by atoms with E-state index < -0.39 is 44.3 Å². The summed E-state index contributed by atoms with van der Waals surface area (Å²) in [6.45, 7) is 0. The molecule has 0 heterocycles. The Morgan fingerprint density at radius 2 is 1.61 bits per heavy atom. The molecule has 0 aromatic heterocycles. The Kier molecular flexibility index (Phi) is 3.21. The van der Waals surface area contributed by atoms with E-state index in [1.165, 1.54) is 0 Å². The molecular formula is C7H5F3N4O4. The van der Waals surface area contributed by atoms with Gasteiger partial charge in [0.1, 0.15) is 0 Å². The van der Waals surface area contributed by atoms with Crippen molar-refractivity contribution in [2.75, 3.05) is 0 Å². The lowest BCUT2D eigenvalue weighted by molar-refractivity contribution is -0.401. The van der Waals surface area contributed by atoms with Crippen LogP contribution in [-0.4, -0.2) is 9.85 Å². The number of hydrogen-bond donors (Lipinski definition) is 2. The maximum Gasteiger partial charge on any atom is 0.347 e. The standard InChI is InChI=1S/C7H5F3N4O4/c8-4-2(7(10,11)12)1-3(13(15)16)5(9)6(4)14(17)18/h1H,11-12H2. The number of hydrogen-bond acceptors (Lipinski definition) is 6. The van der Waals surface area contributed by atoms with Gasteiger partial charge in [-0.3, -0.25) is 31.7 Å². The van der Waals surface area contributed by atoms with Crippen molar-refractivity contribution in [3.8, 4) is 0 Å². The lowest BCUT2D eigenvalue weighted by atomic mass is 10.1. The Morgan fingerprint density at radius 3 is 1.94 bits per heavy atom. The molecule has 8 nitrogen and oxygen atoms in total. The van der Waals surface area contributed by atoms with E-state index in [4.69, 9.17) is 0 Å². The van der Waals surface area contributed by atoms with E-state index in [-0.39, 0.29) is 6.07 Å². The molecule has 1 aromatic rings. The zero-order valence-electron chi connectivity index (χ0n) is 8.39. The maximum atomic E-state index is 13.4. The first-order chi connectivity index (χ1) is 8.07. The van der Waals surface area contributed by atoms with Crippen LogP contribution in [0.2, 0.25) is 0 Å². The number of rotatable bonds is 3. The molecule has 0 bridgehead atoms. The zero-order chi connectivity index (χ0) is 14.2. The van der Waals surface area contributed by atoms with Gasteiger partial charge in [0, 0.05) is 6.07 Å². The first kappa shape index (κ1) is 13.8. The summed E-state index contributed by atoms with van der Waals surface area (Å²) < 4.78 is 39.8. The third kappa shape index (κ3) is 2.21. The minimum absolute atomic E-state index is 0.0671. The van der Waals surface area contributed by atoms with Crippen LogP contribution < -0.4 is 11.5 Å². The van der Waals surface area contributed by atoms with Gasteiger partial charge >= 0.3 is 11.4 Å². The van der Waals surface area contributed by atoms with Gasteiger partial charge in [0.05, 0.1) is 15.4 Å². The normalized spacial score (nSPS) is 11.4. The largest absolute Gasteiger partial charge is 0.347 e. The molecule has 0 fully saturated rings. The van der Waals surface area contributed by atoms with Gasteiger partial charge in [0.25, 0.3) is 5.82 Å². The molecule has 11 heteroatoms.